The van der Waals surface area contributed by atoms with E-state index in [4.69, 9.17) is 0 Å². The summed E-state index contributed by atoms with van der Waals surface area (Å²) in [6.07, 6.45) is 1.98. The zero-order valence-electron chi connectivity index (χ0n) is 6.19. The van der Waals surface area contributed by atoms with Crippen LogP contribution in [0.4, 0.5) is 0 Å². The van der Waals surface area contributed by atoms with Crippen molar-refractivity contribution in [3.8, 4) is 0 Å². The Morgan fingerprint density at radius 3 is 3.00 bits per heavy atom. The van der Waals surface area contributed by atoms with Gasteiger partial charge < -0.3 is 4.98 Å². The predicted molar refractivity (Wildman–Crippen MR) is 55.8 cm³/mol. The van der Waals surface area contributed by atoms with E-state index in [2.05, 4.69) is 52.7 Å². The molecular formula is C9H8IN. The number of benzene rings is 1. The van der Waals surface area contributed by atoms with Gasteiger partial charge in [-0.25, -0.2) is 0 Å². The lowest BCUT2D eigenvalue weighted by Gasteiger charge is -1.96. The van der Waals surface area contributed by atoms with E-state index in [9.17, 15) is 0 Å². The molecule has 2 rings (SSSR count). The summed E-state index contributed by atoms with van der Waals surface area (Å²) < 4.78 is 1.30. The first-order valence-electron chi connectivity index (χ1n) is 3.50. The molecule has 1 aromatic carbocycles. The van der Waals surface area contributed by atoms with E-state index in [0.29, 0.717) is 0 Å². The van der Waals surface area contributed by atoms with E-state index < -0.39 is 0 Å². The van der Waals surface area contributed by atoms with Crippen LogP contribution in [0.5, 0.6) is 0 Å². The van der Waals surface area contributed by atoms with Crippen LogP contribution in [-0.2, 0) is 0 Å². The van der Waals surface area contributed by atoms with Gasteiger partial charge in [0.1, 0.15) is 0 Å². The molecule has 1 nitrogen and oxygen atoms in total. The molecule has 1 N–H and O–H groups in total. The number of fused-ring (bicyclic) bond motifs is 1. The van der Waals surface area contributed by atoms with Crippen molar-refractivity contribution in [3.63, 3.8) is 0 Å². The Kier molecular flexibility index (Phi) is 1.64. The fourth-order valence-electron chi connectivity index (χ4n) is 1.31. The number of hydrogen-bond donors (Lipinski definition) is 1. The summed E-state index contributed by atoms with van der Waals surface area (Å²) in [6, 6.07) is 6.46. The highest BCUT2D eigenvalue weighted by atomic mass is 127. The second kappa shape index (κ2) is 2.52. The van der Waals surface area contributed by atoms with Crippen molar-refractivity contribution in [1.29, 1.82) is 0 Å². The molecule has 1 aromatic heterocycles. The third kappa shape index (κ3) is 1.15. The normalized spacial score (nSPS) is 10.7. The second-order valence-electron chi connectivity index (χ2n) is 2.66. The average molecular weight is 257 g/mol. The largest absolute Gasteiger partial charge is 0.361 e. The molecular weight excluding hydrogens is 249 g/mol. The van der Waals surface area contributed by atoms with Crippen LogP contribution in [0.15, 0.2) is 24.4 Å². The molecule has 2 aromatic rings. The topological polar surface area (TPSA) is 15.8 Å². The van der Waals surface area contributed by atoms with Gasteiger partial charge in [-0.15, -0.1) is 0 Å². The Bertz CT molecular complexity index is 389. The summed E-state index contributed by atoms with van der Waals surface area (Å²) in [5, 5.41) is 1.30. The lowest BCUT2D eigenvalue weighted by atomic mass is 10.2. The standard InChI is InChI=1S/C9H8IN/c1-6-4-8(10)5-7-2-3-11-9(6)7/h2-5,11H,1H3. The highest BCUT2D eigenvalue weighted by Gasteiger charge is 1.98. The van der Waals surface area contributed by atoms with Gasteiger partial charge >= 0.3 is 0 Å². The maximum absolute atomic E-state index is 3.21. The number of aryl methyl sites for hydroxylation is 1. The van der Waals surface area contributed by atoms with E-state index in [0.717, 1.165) is 0 Å². The number of aromatic nitrogens is 1. The van der Waals surface area contributed by atoms with Crippen LogP contribution in [0, 0.1) is 10.5 Å². The zero-order chi connectivity index (χ0) is 7.84. The van der Waals surface area contributed by atoms with Crippen LogP contribution >= 0.6 is 22.6 Å². The maximum atomic E-state index is 3.21. The molecule has 0 spiro atoms. The molecule has 0 bridgehead atoms. The van der Waals surface area contributed by atoms with Crippen molar-refractivity contribution in [3.05, 3.63) is 33.5 Å². The Morgan fingerprint density at radius 2 is 2.18 bits per heavy atom. The van der Waals surface area contributed by atoms with Crippen LogP contribution in [0.1, 0.15) is 5.56 Å². The molecule has 2 heteroatoms. The van der Waals surface area contributed by atoms with Gasteiger partial charge in [0.05, 0.1) is 0 Å². The van der Waals surface area contributed by atoms with Crippen molar-refractivity contribution >= 4 is 33.5 Å². The summed E-state index contributed by atoms with van der Waals surface area (Å²) in [6.45, 7) is 2.13. The van der Waals surface area contributed by atoms with Crippen molar-refractivity contribution < 1.29 is 0 Å². The minimum absolute atomic E-state index is 1.26. The van der Waals surface area contributed by atoms with Gasteiger partial charge in [0, 0.05) is 20.7 Å². The number of rotatable bonds is 0. The molecule has 1 heterocycles. The lowest BCUT2D eigenvalue weighted by molar-refractivity contribution is 1.41. The molecule has 56 valence electrons. The summed E-state index contributed by atoms with van der Waals surface area (Å²) >= 11 is 2.34. The zero-order valence-corrected chi connectivity index (χ0v) is 8.34. The van der Waals surface area contributed by atoms with Crippen LogP contribution in [-0.4, -0.2) is 4.98 Å². The van der Waals surface area contributed by atoms with Gasteiger partial charge in [0.2, 0.25) is 0 Å². The van der Waals surface area contributed by atoms with E-state index in [1.165, 1.54) is 20.0 Å². The molecule has 0 unspecified atom stereocenters. The number of H-pyrrole nitrogens is 1. The van der Waals surface area contributed by atoms with Crippen LogP contribution < -0.4 is 0 Å². The van der Waals surface area contributed by atoms with Gasteiger partial charge in [-0.05, 0) is 53.3 Å². The molecule has 0 saturated carbocycles. The first kappa shape index (κ1) is 7.16. The van der Waals surface area contributed by atoms with Gasteiger partial charge in [-0.2, -0.15) is 0 Å². The Hall–Kier alpha value is -0.510. The Morgan fingerprint density at radius 1 is 1.36 bits per heavy atom. The third-order valence-corrected chi connectivity index (χ3v) is 2.44. The molecule has 0 aliphatic heterocycles. The van der Waals surface area contributed by atoms with Crippen LogP contribution in [0.3, 0.4) is 0 Å². The highest BCUT2D eigenvalue weighted by Crippen LogP contribution is 2.19. The summed E-state index contributed by atoms with van der Waals surface area (Å²) in [5.74, 6) is 0. The Labute approximate surface area is 78.9 Å². The first-order chi connectivity index (χ1) is 5.27. The average Bonchev–Trinajstić information content (AvgIpc) is 2.34. The molecule has 0 atom stereocenters. The fraction of sp³-hybridized carbons (Fsp3) is 0.111. The quantitative estimate of drug-likeness (QED) is 0.698. The SMILES string of the molecule is Cc1cc(I)cc2cc[nH]c12. The number of aromatic amines is 1. The van der Waals surface area contributed by atoms with Crippen molar-refractivity contribution in [2.75, 3.05) is 0 Å². The number of hydrogen-bond acceptors (Lipinski definition) is 0. The summed E-state index contributed by atoms with van der Waals surface area (Å²) in [5.41, 5.74) is 2.57. The molecule has 0 aliphatic carbocycles. The molecule has 0 saturated heterocycles. The third-order valence-electron chi connectivity index (χ3n) is 1.82. The molecule has 0 fully saturated rings. The predicted octanol–water partition coefficient (Wildman–Crippen LogP) is 3.08. The first-order valence-corrected chi connectivity index (χ1v) is 4.58. The van der Waals surface area contributed by atoms with Crippen LogP contribution in [0.25, 0.3) is 10.9 Å². The van der Waals surface area contributed by atoms with E-state index in [1.807, 2.05) is 6.20 Å². The van der Waals surface area contributed by atoms with Gasteiger partial charge in [0.15, 0.2) is 0 Å². The lowest BCUT2D eigenvalue weighted by Crippen LogP contribution is -1.77. The molecule has 0 radical (unpaired) electrons. The number of nitrogens with one attached hydrogen (secondary N) is 1. The molecule has 0 amide bonds. The smallest absolute Gasteiger partial charge is 0.0484 e. The fourth-order valence-corrected chi connectivity index (χ4v) is 2.12. The highest BCUT2D eigenvalue weighted by molar-refractivity contribution is 14.1. The molecule has 11 heavy (non-hydrogen) atoms. The second-order valence-corrected chi connectivity index (χ2v) is 3.91. The van der Waals surface area contributed by atoms with Gasteiger partial charge in [-0.1, -0.05) is 0 Å². The monoisotopic (exact) mass is 257 g/mol. The molecule has 0 aliphatic rings. The summed E-state index contributed by atoms with van der Waals surface area (Å²) in [4.78, 5) is 3.21. The summed E-state index contributed by atoms with van der Waals surface area (Å²) in [7, 11) is 0. The minimum Gasteiger partial charge on any atom is -0.361 e. The van der Waals surface area contributed by atoms with Crippen LogP contribution in [0.2, 0.25) is 0 Å². The Balaban J connectivity index is 2.91. The van der Waals surface area contributed by atoms with Crippen molar-refractivity contribution in [1.82, 2.24) is 4.98 Å². The van der Waals surface area contributed by atoms with Gasteiger partial charge in [0.25, 0.3) is 0 Å². The van der Waals surface area contributed by atoms with E-state index >= 15 is 0 Å². The maximum Gasteiger partial charge on any atom is 0.0484 e. The van der Waals surface area contributed by atoms with E-state index in [-0.39, 0.29) is 0 Å². The number of halogens is 1. The van der Waals surface area contributed by atoms with Crippen molar-refractivity contribution in [2.45, 2.75) is 6.92 Å². The van der Waals surface area contributed by atoms with Crippen molar-refractivity contribution in [2.24, 2.45) is 0 Å². The van der Waals surface area contributed by atoms with Gasteiger partial charge in [-0.3, -0.25) is 0 Å². The minimum atomic E-state index is 1.26. The van der Waals surface area contributed by atoms with E-state index in [1.54, 1.807) is 0 Å².